The van der Waals surface area contributed by atoms with E-state index in [2.05, 4.69) is 5.16 Å². The summed E-state index contributed by atoms with van der Waals surface area (Å²) in [5, 5.41) is 12.1. The Kier molecular flexibility index (Phi) is 4.50. The maximum atomic E-state index is 11.6. The van der Waals surface area contributed by atoms with Crippen molar-refractivity contribution in [3.05, 3.63) is 11.8 Å². The molecule has 0 fully saturated rings. The number of amides is 1. The van der Waals surface area contributed by atoms with Gasteiger partial charge in [0.05, 0.1) is 0 Å². The summed E-state index contributed by atoms with van der Waals surface area (Å²) in [4.78, 5) is 23.2. The average molecular weight is 242 g/mol. The van der Waals surface area contributed by atoms with E-state index in [9.17, 15) is 9.59 Å². The number of aliphatic carboxylic acids is 1. The summed E-state index contributed by atoms with van der Waals surface area (Å²) in [6, 6.07) is 1.54. The Labute approximate surface area is 97.9 Å². The summed E-state index contributed by atoms with van der Waals surface area (Å²) in [7, 11) is 0. The molecule has 0 saturated carbocycles. The molecule has 0 bridgehead atoms. The Morgan fingerprint density at radius 1 is 1.59 bits per heavy atom. The predicted molar refractivity (Wildman–Crippen MR) is 56.6 cm³/mol. The number of carboxylic acid groups (broad SMARTS) is 1. The maximum Gasteiger partial charge on any atom is 0.323 e. The Balaban J connectivity index is 2.44. The molecule has 7 nitrogen and oxygen atoms in total. The zero-order valence-corrected chi connectivity index (χ0v) is 9.67. The molecule has 1 rings (SSSR count). The third-order valence-corrected chi connectivity index (χ3v) is 2.01. The van der Waals surface area contributed by atoms with Crippen molar-refractivity contribution in [2.75, 3.05) is 19.7 Å². The van der Waals surface area contributed by atoms with E-state index in [0.717, 1.165) is 0 Å². The lowest BCUT2D eigenvalue weighted by molar-refractivity contribution is -0.145. The van der Waals surface area contributed by atoms with Crippen molar-refractivity contribution in [1.82, 2.24) is 10.1 Å². The molecule has 1 amide bonds. The van der Waals surface area contributed by atoms with E-state index in [1.165, 1.54) is 4.90 Å². The second-order valence-corrected chi connectivity index (χ2v) is 3.37. The van der Waals surface area contributed by atoms with Gasteiger partial charge in [-0.25, -0.2) is 0 Å². The van der Waals surface area contributed by atoms with Gasteiger partial charge < -0.3 is 19.3 Å². The normalized spacial score (nSPS) is 10.0. The van der Waals surface area contributed by atoms with Crippen LogP contribution in [-0.2, 0) is 9.59 Å². The van der Waals surface area contributed by atoms with Crippen LogP contribution in [0.5, 0.6) is 5.88 Å². The van der Waals surface area contributed by atoms with Gasteiger partial charge in [0.15, 0.2) is 6.61 Å². The molecule has 0 saturated heterocycles. The second-order valence-electron chi connectivity index (χ2n) is 3.37. The molecule has 0 aliphatic rings. The number of hydrogen-bond acceptors (Lipinski definition) is 5. The highest BCUT2D eigenvalue weighted by atomic mass is 16.5. The molecule has 0 unspecified atom stereocenters. The number of carboxylic acids is 1. The van der Waals surface area contributed by atoms with E-state index in [0.29, 0.717) is 12.3 Å². The van der Waals surface area contributed by atoms with Crippen LogP contribution in [0.3, 0.4) is 0 Å². The Hall–Kier alpha value is -2.05. The molecule has 1 N–H and O–H groups in total. The van der Waals surface area contributed by atoms with Gasteiger partial charge in [0.25, 0.3) is 11.8 Å². The molecule has 0 radical (unpaired) electrons. The van der Waals surface area contributed by atoms with Crippen LogP contribution in [-0.4, -0.2) is 46.7 Å². The molecule has 0 spiro atoms. The van der Waals surface area contributed by atoms with Crippen molar-refractivity contribution >= 4 is 11.9 Å². The fourth-order valence-electron chi connectivity index (χ4n) is 1.18. The predicted octanol–water partition coefficient (Wildman–Crippen LogP) is 0.295. The first-order chi connectivity index (χ1) is 8.02. The van der Waals surface area contributed by atoms with Gasteiger partial charge in [0, 0.05) is 12.6 Å². The first kappa shape index (κ1) is 13.0. The summed E-state index contributed by atoms with van der Waals surface area (Å²) < 4.78 is 9.82. The lowest BCUT2D eigenvalue weighted by Gasteiger charge is -2.17. The first-order valence-electron chi connectivity index (χ1n) is 5.08. The van der Waals surface area contributed by atoms with Crippen molar-refractivity contribution in [3.63, 3.8) is 0 Å². The molecule has 7 heteroatoms. The molecular formula is C10H14N2O5. The molecule has 0 aromatic carbocycles. The molecule has 1 aromatic rings. The van der Waals surface area contributed by atoms with Gasteiger partial charge in [0.2, 0.25) is 0 Å². The second kappa shape index (κ2) is 5.88. The molecule has 94 valence electrons. The highest BCUT2D eigenvalue weighted by Crippen LogP contribution is 2.09. The van der Waals surface area contributed by atoms with Crippen molar-refractivity contribution in [2.45, 2.75) is 13.8 Å². The van der Waals surface area contributed by atoms with Crippen LogP contribution in [0.25, 0.3) is 0 Å². The fourth-order valence-corrected chi connectivity index (χ4v) is 1.18. The van der Waals surface area contributed by atoms with Crippen LogP contribution < -0.4 is 4.74 Å². The number of nitrogens with zero attached hydrogens (tertiary/aromatic N) is 2. The van der Waals surface area contributed by atoms with Crippen LogP contribution in [0.15, 0.2) is 10.6 Å². The highest BCUT2D eigenvalue weighted by molar-refractivity contribution is 5.82. The van der Waals surface area contributed by atoms with Crippen LogP contribution in [0, 0.1) is 6.92 Å². The number of hydrogen-bond donors (Lipinski definition) is 1. The van der Waals surface area contributed by atoms with E-state index in [1.54, 1.807) is 19.9 Å². The van der Waals surface area contributed by atoms with E-state index in [4.69, 9.17) is 14.4 Å². The lowest BCUT2D eigenvalue weighted by atomic mass is 10.4. The zero-order valence-electron chi connectivity index (χ0n) is 9.67. The lowest BCUT2D eigenvalue weighted by Crippen LogP contribution is -2.38. The number of carbonyl (C=O) groups excluding carboxylic acids is 1. The highest BCUT2D eigenvalue weighted by Gasteiger charge is 2.16. The summed E-state index contributed by atoms with van der Waals surface area (Å²) in [6.45, 7) is 3.11. The topological polar surface area (TPSA) is 92.9 Å². The van der Waals surface area contributed by atoms with Gasteiger partial charge in [-0.3, -0.25) is 9.59 Å². The maximum absolute atomic E-state index is 11.6. The Bertz CT molecular complexity index is 401. The molecule has 17 heavy (non-hydrogen) atoms. The number of rotatable bonds is 6. The number of likely N-dealkylation sites (N-methyl/N-ethyl adjacent to an activating group) is 1. The number of aryl methyl sites for hydroxylation is 1. The third-order valence-electron chi connectivity index (χ3n) is 2.01. The minimum absolute atomic E-state index is 0.210. The van der Waals surface area contributed by atoms with E-state index in [-0.39, 0.29) is 19.0 Å². The van der Waals surface area contributed by atoms with Crippen molar-refractivity contribution in [1.29, 1.82) is 0 Å². The standard InChI is InChI=1S/C10H14N2O5/c1-3-12(5-10(14)15)9(13)6-16-8-4-7(2)17-11-8/h4H,3,5-6H2,1-2H3,(H,14,15). The van der Waals surface area contributed by atoms with Crippen molar-refractivity contribution in [2.24, 2.45) is 0 Å². The van der Waals surface area contributed by atoms with Crippen LogP contribution in [0.4, 0.5) is 0 Å². The van der Waals surface area contributed by atoms with Crippen LogP contribution >= 0.6 is 0 Å². The van der Waals surface area contributed by atoms with Gasteiger partial charge in [0.1, 0.15) is 12.3 Å². The minimum Gasteiger partial charge on any atom is -0.480 e. The molecular weight excluding hydrogens is 228 g/mol. The summed E-state index contributed by atoms with van der Waals surface area (Å²) in [6.07, 6.45) is 0. The SMILES string of the molecule is CCN(CC(=O)O)C(=O)COc1cc(C)on1. The van der Waals surface area contributed by atoms with Crippen LogP contribution in [0.1, 0.15) is 12.7 Å². The molecule has 0 atom stereocenters. The van der Waals surface area contributed by atoms with Gasteiger partial charge >= 0.3 is 5.97 Å². The third kappa shape index (κ3) is 4.13. The van der Waals surface area contributed by atoms with Crippen molar-refractivity contribution in [3.8, 4) is 5.88 Å². The van der Waals surface area contributed by atoms with Gasteiger partial charge in [-0.1, -0.05) is 0 Å². The monoisotopic (exact) mass is 242 g/mol. The van der Waals surface area contributed by atoms with E-state index >= 15 is 0 Å². The summed E-state index contributed by atoms with van der Waals surface area (Å²) in [5.41, 5.74) is 0. The number of ether oxygens (including phenoxy) is 1. The number of carbonyl (C=O) groups is 2. The van der Waals surface area contributed by atoms with E-state index < -0.39 is 11.9 Å². The van der Waals surface area contributed by atoms with Crippen molar-refractivity contribution < 1.29 is 24.0 Å². The van der Waals surface area contributed by atoms with Gasteiger partial charge in [-0.05, 0) is 19.0 Å². The fraction of sp³-hybridized carbons (Fsp3) is 0.500. The Morgan fingerprint density at radius 3 is 2.76 bits per heavy atom. The molecule has 1 aromatic heterocycles. The first-order valence-corrected chi connectivity index (χ1v) is 5.08. The van der Waals surface area contributed by atoms with Gasteiger partial charge in [-0.15, -0.1) is 0 Å². The average Bonchev–Trinajstić information content (AvgIpc) is 2.68. The minimum atomic E-state index is -1.06. The molecule has 1 heterocycles. The smallest absolute Gasteiger partial charge is 0.323 e. The largest absolute Gasteiger partial charge is 0.480 e. The molecule has 0 aliphatic heterocycles. The molecule has 0 aliphatic carbocycles. The quantitative estimate of drug-likeness (QED) is 0.770. The zero-order chi connectivity index (χ0) is 12.8. The van der Waals surface area contributed by atoms with Crippen LogP contribution in [0.2, 0.25) is 0 Å². The summed E-state index contributed by atoms with van der Waals surface area (Å²) in [5.74, 6) is -0.680. The van der Waals surface area contributed by atoms with E-state index in [1.807, 2.05) is 0 Å². The Morgan fingerprint density at radius 2 is 2.29 bits per heavy atom. The summed E-state index contributed by atoms with van der Waals surface area (Å²) >= 11 is 0. The number of aromatic nitrogens is 1. The van der Waals surface area contributed by atoms with Gasteiger partial charge in [-0.2, -0.15) is 0 Å².